The van der Waals surface area contributed by atoms with E-state index in [9.17, 15) is 4.79 Å². The lowest BCUT2D eigenvalue weighted by Crippen LogP contribution is -2.64. The summed E-state index contributed by atoms with van der Waals surface area (Å²) in [6.07, 6.45) is 11.1. The minimum Gasteiger partial charge on any atom is -0.496 e. The zero-order valence-electron chi connectivity index (χ0n) is 32.2. The lowest BCUT2D eigenvalue weighted by molar-refractivity contribution is -0.146. The first kappa shape index (κ1) is 34.7. The van der Waals surface area contributed by atoms with Gasteiger partial charge in [0.2, 0.25) is 0 Å². The van der Waals surface area contributed by atoms with Gasteiger partial charge in [-0.2, -0.15) is 0 Å². The molecule has 2 bridgehead atoms. The third kappa shape index (κ3) is 4.62. The molecule has 1 spiro atoms. The molecule has 1 aromatic heterocycles. The van der Waals surface area contributed by atoms with Crippen LogP contribution < -0.4 is 9.64 Å². The minimum atomic E-state index is -1.19. The monoisotopic (exact) mass is 718 g/mol. The molecular weight excluding hydrogens is 665 g/mol. The highest BCUT2D eigenvalue weighted by atomic mass is 16.5. The molecular formula is C44H54N4O5. The van der Waals surface area contributed by atoms with Gasteiger partial charge < -0.3 is 24.1 Å². The molecule has 2 fully saturated rings. The molecule has 7 atom stereocenters. The van der Waals surface area contributed by atoms with E-state index in [1.165, 1.54) is 30.9 Å². The van der Waals surface area contributed by atoms with E-state index in [1.807, 2.05) is 0 Å². The summed E-state index contributed by atoms with van der Waals surface area (Å²) in [5, 5.41) is 1.15. The fourth-order valence-corrected chi connectivity index (χ4v) is 12.5. The van der Waals surface area contributed by atoms with Crippen LogP contribution in [-0.2, 0) is 36.3 Å². The SMILES string of the molecule is CCC1=CC2CN(CCc3c([nH]c4ccccc34)C(C(=O)OC)(c3cc4c(cc3OC)N(C)C3C(C(=O)OC)=CC5(CC)CCCN6CCC43C65)C2)C1. The van der Waals surface area contributed by atoms with Crippen molar-refractivity contribution in [2.75, 3.05) is 66.0 Å². The number of aromatic amines is 1. The largest absolute Gasteiger partial charge is 0.496 e. The second-order valence-corrected chi connectivity index (χ2v) is 16.6. The van der Waals surface area contributed by atoms with Crippen LogP contribution in [0.25, 0.3) is 10.9 Å². The minimum absolute atomic E-state index is 0.123. The highest BCUT2D eigenvalue weighted by Gasteiger charge is 2.69. The average Bonchev–Trinajstić information content (AvgIpc) is 3.85. The number of ether oxygens (including phenoxy) is 3. The molecule has 7 unspecified atom stereocenters. The Balaban J connectivity index is 1.36. The smallest absolute Gasteiger partial charge is 0.335 e. The molecule has 1 N–H and O–H groups in total. The van der Waals surface area contributed by atoms with E-state index in [0.717, 1.165) is 105 Å². The van der Waals surface area contributed by atoms with Gasteiger partial charge in [-0.3, -0.25) is 14.6 Å². The Hall–Kier alpha value is -4.08. The first-order valence-corrected chi connectivity index (χ1v) is 19.8. The summed E-state index contributed by atoms with van der Waals surface area (Å²) in [6, 6.07) is 13.0. The number of anilines is 1. The number of likely N-dealkylation sites (N-methyl/N-ethyl adjacent to an activating group) is 1. The van der Waals surface area contributed by atoms with Crippen LogP contribution in [0.1, 0.15) is 74.8 Å². The molecule has 3 aromatic rings. The molecule has 280 valence electrons. The van der Waals surface area contributed by atoms with E-state index in [2.05, 4.69) is 89.1 Å². The highest BCUT2D eigenvalue weighted by molar-refractivity contribution is 5.96. The lowest BCUT2D eigenvalue weighted by Gasteiger charge is -2.56. The van der Waals surface area contributed by atoms with Crippen LogP contribution >= 0.6 is 0 Å². The number of fused-ring (bicyclic) bond motifs is 6. The lowest BCUT2D eigenvalue weighted by atomic mass is 9.53. The second-order valence-electron chi connectivity index (χ2n) is 16.6. The van der Waals surface area contributed by atoms with E-state index in [4.69, 9.17) is 14.2 Å². The number of methoxy groups -OCH3 is 3. The Labute approximate surface area is 313 Å². The standard InChI is InChI=1S/C44H54N4O5/c1-7-27-20-28-23-44(41(50)53-6,37-30(14-18-47(25-27)26-28)29-12-9-10-13-34(29)45-37)33-21-32-35(22-36(33)51-4)46(3)38-31(39(49)52-5)24-42(8-2)15-11-17-48-19-16-43(32,38)40(42)48/h9-10,12-13,20-22,24,28,38,40,45H,7-8,11,14-19,23,25-26H2,1-6H3. The number of hydrogen-bond donors (Lipinski definition) is 1. The van der Waals surface area contributed by atoms with Gasteiger partial charge in [-0.25, -0.2) is 4.79 Å². The Bertz CT molecular complexity index is 2070. The van der Waals surface area contributed by atoms with E-state index >= 15 is 4.79 Å². The fourth-order valence-electron chi connectivity index (χ4n) is 12.5. The van der Waals surface area contributed by atoms with Crippen molar-refractivity contribution in [1.29, 1.82) is 0 Å². The van der Waals surface area contributed by atoms with E-state index in [1.54, 1.807) is 7.11 Å². The normalized spacial score (nSPS) is 33.0. The number of benzene rings is 2. The van der Waals surface area contributed by atoms with Crippen LogP contribution in [0.15, 0.2) is 59.7 Å². The molecule has 5 aliphatic heterocycles. The van der Waals surface area contributed by atoms with Gasteiger partial charge >= 0.3 is 11.9 Å². The maximum absolute atomic E-state index is 15.2. The van der Waals surface area contributed by atoms with Gasteiger partial charge in [-0.05, 0) is 87.2 Å². The van der Waals surface area contributed by atoms with E-state index < -0.39 is 5.41 Å². The van der Waals surface area contributed by atoms with Crippen LogP contribution in [0.5, 0.6) is 5.75 Å². The summed E-state index contributed by atoms with van der Waals surface area (Å²) in [5.74, 6) is 0.262. The third-order valence-corrected chi connectivity index (χ3v) is 14.5. The van der Waals surface area contributed by atoms with Crippen LogP contribution in [0.4, 0.5) is 5.69 Å². The van der Waals surface area contributed by atoms with Gasteiger partial charge in [0.1, 0.15) is 11.2 Å². The maximum atomic E-state index is 15.2. The Morgan fingerprint density at radius 2 is 1.83 bits per heavy atom. The van der Waals surface area contributed by atoms with Gasteiger partial charge in [0, 0.05) is 77.5 Å². The van der Waals surface area contributed by atoms with Crippen LogP contribution in [0, 0.1) is 11.3 Å². The van der Waals surface area contributed by atoms with Crippen molar-refractivity contribution >= 4 is 28.5 Å². The topological polar surface area (TPSA) is 87.3 Å². The molecule has 2 saturated heterocycles. The quantitative estimate of drug-likeness (QED) is 0.236. The number of aromatic nitrogens is 1. The molecule has 1 aliphatic carbocycles. The number of H-pyrrole nitrogens is 1. The number of hydrogen-bond acceptors (Lipinski definition) is 8. The first-order chi connectivity index (χ1) is 25.7. The molecule has 9 rings (SSSR count). The summed E-state index contributed by atoms with van der Waals surface area (Å²) in [6.45, 7) is 9.30. The Kier molecular flexibility index (Phi) is 8.17. The summed E-state index contributed by atoms with van der Waals surface area (Å²) in [5.41, 5.74) is 6.67. The number of rotatable bonds is 6. The van der Waals surface area contributed by atoms with Crippen molar-refractivity contribution in [3.8, 4) is 5.75 Å². The number of esters is 2. The van der Waals surface area contributed by atoms with Crippen molar-refractivity contribution in [2.45, 2.75) is 81.7 Å². The number of piperidine rings is 1. The Morgan fingerprint density at radius 1 is 1.00 bits per heavy atom. The summed E-state index contributed by atoms with van der Waals surface area (Å²) < 4.78 is 18.0. The average molecular weight is 719 g/mol. The molecule has 0 amide bonds. The number of carbonyl (C=O) groups is 2. The molecule has 53 heavy (non-hydrogen) atoms. The summed E-state index contributed by atoms with van der Waals surface area (Å²) in [4.78, 5) is 40.5. The van der Waals surface area contributed by atoms with Crippen LogP contribution in [0.3, 0.4) is 0 Å². The molecule has 9 heteroatoms. The van der Waals surface area contributed by atoms with Crippen molar-refractivity contribution in [1.82, 2.24) is 14.8 Å². The maximum Gasteiger partial charge on any atom is 0.335 e. The number of nitrogens with one attached hydrogen (secondary N) is 1. The van der Waals surface area contributed by atoms with E-state index in [0.29, 0.717) is 12.2 Å². The van der Waals surface area contributed by atoms with Gasteiger partial charge in [0.05, 0.1) is 32.9 Å². The molecule has 2 aromatic carbocycles. The number of carbonyl (C=O) groups excluding carboxylic acids is 2. The van der Waals surface area contributed by atoms with Gasteiger partial charge in [0.25, 0.3) is 0 Å². The summed E-state index contributed by atoms with van der Waals surface area (Å²) >= 11 is 0. The summed E-state index contributed by atoms with van der Waals surface area (Å²) in [7, 11) is 6.88. The predicted octanol–water partition coefficient (Wildman–Crippen LogP) is 6.28. The molecule has 9 nitrogen and oxygen atoms in total. The van der Waals surface area contributed by atoms with Gasteiger partial charge in [-0.15, -0.1) is 0 Å². The third-order valence-electron chi connectivity index (χ3n) is 14.5. The van der Waals surface area contributed by atoms with Crippen LogP contribution in [-0.4, -0.2) is 99.9 Å². The number of nitrogens with zero attached hydrogens (tertiary/aromatic N) is 3. The molecule has 6 heterocycles. The van der Waals surface area contributed by atoms with E-state index in [-0.39, 0.29) is 40.8 Å². The highest BCUT2D eigenvalue weighted by Crippen LogP contribution is 2.66. The van der Waals surface area contributed by atoms with Gasteiger partial charge in [0.15, 0.2) is 0 Å². The van der Waals surface area contributed by atoms with Crippen molar-refractivity contribution in [3.63, 3.8) is 0 Å². The van der Waals surface area contributed by atoms with Crippen molar-refractivity contribution < 1.29 is 23.8 Å². The number of para-hydroxylation sites is 1. The fraction of sp³-hybridized carbons (Fsp3) is 0.545. The molecule has 0 saturated carbocycles. The first-order valence-electron chi connectivity index (χ1n) is 19.8. The zero-order chi connectivity index (χ0) is 36.9. The Morgan fingerprint density at radius 3 is 2.58 bits per heavy atom. The molecule has 0 radical (unpaired) electrons. The predicted molar refractivity (Wildman–Crippen MR) is 207 cm³/mol. The second kappa shape index (κ2) is 12.5. The van der Waals surface area contributed by atoms with Crippen molar-refractivity contribution in [3.05, 3.63) is 82.1 Å². The zero-order valence-corrected chi connectivity index (χ0v) is 32.2. The van der Waals surface area contributed by atoms with Gasteiger partial charge in [-0.1, -0.05) is 49.8 Å². The van der Waals surface area contributed by atoms with Crippen LogP contribution in [0.2, 0.25) is 0 Å². The van der Waals surface area contributed by atoms with Crippen molar-refractivity contribution in [2.24, 2.45) is 11.3 Å². The molecule has 6 aliphatic rings.